The molecule has 0 radical (unpaired) electrons. The summed E-state index contributed by atoms with van der Waals surface area (Å²) >= 11 is 0. The molecule has 9 atom stereocenters. The summed E-state index contributed by atoms with van der Waals surface area (Å²) in [6, 6.07) is 0. The minimum absolute atomic E-state index is 0.108. The number of carbonyl (C=O) groups excluding carboxylic acids is 1. The molecule has 0 bridgehead atoms. The first-order chi connectivity index (χ1) is 13.8. The standard InChI is InChI=1S/C24H37N3O2/c1-15-13-24(3)16(12-21(15)28)4-5-17-18-6-7-20(23(18,2)9-8-19(17)24)22(29)14-27-25-10-11-26-27/h10-11,15-21,28H,4-9,12-14H2,1-3H3/t15-,16-,17-,18-,19-,20+,21-,23-,24-/m0/s1. The molecule has 0 unspecified atom stereocenters. The lowest BCUT2D eigenvalue weighted by Crippen LogP contribution is -2.55. The van der Waals surface area contributed by atoms with E-state index >= 15 is 0 Å². The Bertz CT molecular complexity index is 764. The molecule has 0 saturated heterocycles. The fourth-order valence-corrected chi connectivity index (χ4v) is 8.70. The monoisotopic (exact) mass is 399 g/mol. The maximum absolute atomic E-state index is 13.2. The summed E-state index contributed by atoms with van der Waals surface area (Å²) in [6.07, 6.45) is 12.6. The van der Waals surface area contributed by atoms with E-state index in [2.05, 4.69) is 31.0 Å². The van der Waals surface area contributed by atoms with Crippen molar-refractivity contribution in [3.8, 4) is 0 Å². The van der Waals surface area contributed by atoms with Crippen molar-refractivity contribution >= 4 is 5.78 Å². The van der Waals surface area contributed by atoms with E-state index < -0.39 is 0 Å². The van der Waals surface area contributed by atoms with Crippen LogP contribution in [0.5, 0.6) is 0 Å². The maximum atomic E-state index is 13.2. The minimum Gasteiger partial charge on any atom is -0.393 e. The van der Waals surface area contributed by atoms with Crippen LogP contribution in [-0.2, 0) is 11.3 Å². The zero-order valence-electron chi connectivity index (χ0n) is 18.3. The number of aliphatic hydroxyl groups is 1. The van der Waals surface area contributed by atoms with Gasteiger partial charge in [-0.15, -0.1) is 0 Å². The van der Waals surface area contributed by atoms with Crippen LogP contribution in [0.2, 0.25) is 0 Å². The van der Waals surface area contributed by atoms with E-state index in [1.165, 1.54) is 38.5 Å². The van der Waals surface area contributed by atoms with Gasteiger partial charge in [-0.05, 0) is 91.8 Å². The third-order valence-corrected chi connectivity index (χ3v) is 10.2. The third kappa shape index (κ3) is 2.94. The summed E-state index contributed by atoms with van der Waals surface area (Å²) in [5.41, 5.74) is 0.526. The molecule has 4 fully saturated rings. The summed E-state index contributed by atoms with van der Waals surface area (Å²) in [5.74, 6) is 3.82. The second-order valence-electron chi connectivity index (χ2n) is 11.3. The second kappa shape index (κ2) is 6.90. The maximum Gasteiger partial charge on any atom is 0.159 e. The van der Waals surface area contributed by atoms with E-state index in [9.17, 15) is 9.90 Å². The van der Waals surface area contributed by atoms with E-state index in [0.29, 0.717) is 35.5 Å². The zero-order valence-corrected chi connectivity index (χ0v) is 18.3. The number of carbonyl (C=O) groups is 1. The summed E-state index contributed by atoms with van der Waals surface area (Å²) < 4.78 is 0. The molecule has 0 amide bonds. The van der Waals surface area contributed by atoms with Gasteiger partial charge in [-0.1, -0.05) is 20.8 Å². The van der Waals surface area contributed by atoms with Crippen molar-refractivity contribution in [1.29, 1.82) is 0 Å². The average molecular weight is 400 g/mol. The van der Waals surface area contributed by atoms with E-state index in [0.717, 1.165) is 24.7 Å². The number of fused-ring (bicyclic) bond motifs is 5. The quantitative estimate of drug-likeness (QED) is 0.830. The number of aromatic nitrogens is 3. The van der Waals surface area contributed by atoms with E-state index in [1.54, 1.807) is 17.2 Å². The highest BCUT2D eigenvalue weighted by Crippen LogP contribution is 2.67. The molecule has 1 heterocycles. The van der Waals surface area contributed by atoms with Crippen LogP contribution in [0.15, 0.2) is 12.4 Å². The Morgan fingerprint density at radius 1 is 1.07 bits per heavy atom. The van der Waals surface area contributed by atoms with Crippen LogP contribution < -0.4 is 0 Å². The van der Waals surface area contributed by atoms with Gasteiger partial charge in [0.05, 0.1) is 18.5 Å². The smallest absolute Gasteiger partial charge is 0.159 e. The van der Waals surface area contributed by atoms with Gasteiger partial charge < -0.3 is 5.11 Å². The predicted molar refractivity (Wildman–Crippen MR) is 111 cm³/mol. The van der Waals surface area contributed by atoms with Gasteiger partial charge in [0.15, 0.2) is 5.78 Å². The van der Waals surface area contributed by atoms with Gasteiger partial charge in [0.2, 0.25) is 0 Å². The van der Waals surface area contributed by atoms with Crippen molar-refractivity contribution in [2.75, 3.05) is 0 Å². The molecular weight excluding hydrogens is 362 g/mol. The van der Waals surface area contributed by atoms with Crippen LogP contribution in [0.25, 0.3) is 0 Å². The summed E-state index contributed by atoms with van der Waals surface area (Å²) in [7, 11) is 0. The molecule has 160 valence electrons. The van der Waals surface area contributed by atoms with Gasteiger partial charge in [-0.2, -0.15) is 15.0 Å². The lowest BCUT2D eigenvalue weighted by Gasteiger charge is -2.61. The highest BCUT2D eigenvalue weighted by atomic mass is 16.3. The fraction of sp³-hybridized carbons (Fsp3) is 0.875. The Balaban J connectivity index is 1.36. The van der Waals surface area contributed by atoms with Gasteiger partial charge >= 0.3 is 0 Å². The number of nitrogens with zero attached hydrogens (tertiary/aromatic N) is 3. The lowest BCUT2D eigenvalue weighted by atomic mass is 9.44. The largest absolute Gasteiger partial charge is 0.393 e. The second-order valence-corrected chi connectivity index (χ2v) is 11.3. The highest BCUT2D eigenvalue weighted by molar-refractivity contribution is 5.81. The first kappa shape index (κ1) is 19.7. The number of hydrogen-bond acceptors (Lipinski definition) is 4. The molecule has 0 aromatic carbocycles. The molecule has 29 heavy (non-hydrogen) atoms. The Morgan fingerprint density at radius 2 is 1.79 bits per heavy atom. The fourth-order valence-electron chi connectivity index (χ4n) is 8.70. The van der Waals surface area contributed by atoms with Gasteiger partial charge in [0, 0.05) is 5.92 Å². The van der Waals surface area contributed by atoms with Crippen LogP contribution in [-0.4, -0.2) is 32.0 Å². The molecular formula is C24H37N3O2. The molecule has 4 aliphatic rings. The van der Waals surface area contributed by atoms with Crippen molar-refractivity contribution in [2.24, 2.45) is 46.3 Å². The van der Waals surface area contributed by atoms with Crippen molar-refractivity contribution in [3.05, 3.63) is 12.4 Å². The van der Waals surface area contributed by atoms with Crippen LogP contribution in [0.1, 0.15) is 72.1 Å². The number of hydrogen-bond donors (Lipinski definition) is 1. The molecule has 4 saturated carbocycles. The van der Waals surface area contributed by atoms with Crippen LogP contribution in [0.4, 0.5) is 0 Å². The lowest BCUT2D eigenvalue weighted by molar-refractivity contribution is -0.147. The highest BCUT2D eigenvalue weighted by Gasteiger charge is 2.61. The Kier molecular flexibility index (Phi) is 4.69. The Morgan fingerprint density at radius 3 is 2.55 bits per heavy atom. The summed E-state index contributed by atoms with van der Waals surface area (Å²) in [6.45, 7) is 7.53. The van der Waals surface area contributed by atoms with Gasteiger partial charge in [-0.25, -0.2) is 0 Å². The number of Topliss-reactive ketones (excluding diaryl/α,β-unsaturated/α-hetero) is 1. The average Bonchev–Trinajstić information content (AvgIpc) is 3.30. The molecule has 5 heteroatoms. The van der Waals surface area contributed by atoms with Gasteiger partial charge in [-0.3, -0.25) is 4.79 Å². The molecule has 1 aromatic heterocycles. The van der Waals surface area contributed by atoms with Crippen molar-refractivity contribution in [2.45, 2.75) is 84.8 Å². The van der Waals surface area contributed by atoms with E-state index in [1.807, 2.05) is 0 Å². The Hall–Kier alpha value is -1.23. The number of rotatable bonds is 3. The van der Waals surface area contributed by atoms with Gasteiger partial charge in [0.25, 0.3) is 0 Å². The summed E-state index contributed by atoms with van der Waals surface area (Å²) in [4.78, 5) is 14.7. The molecule has 0 aliphatic heterocycles. The third-order valence-electron chi connectivity index (χ3n) is 10.2. The normalized spacial score (nSPS) is 49.2. The molecule has 4 aliphatic carbocycles. The molecule has 1 aromatic rings. The molecule has 0 spiro atoms. The van der Waals surface area contributed by atoms with Crippen molar-refractivity contribution in [3.63, 3.8) is 0 Å². The van der Waals surface area contributed by atoms with Crippen molar-refractivity contribution < 1.29 is 9.90 Å². The topological polar surface area (TPSA) is 68.0 Å². The predicted octanol–water partition coefficient (Wildman–Crippen LogP) is 4.11. The number of ketones is 1. The van der Waals surface area contributed by atoms with E-state index in [4.69, 9.17) is 0 Å². The zero-order chi connectivity index (χ0) is 20.4. The van der Waals surface area contributed by atoms with Crippen LogP contribution in [0.3, 0.4) is 0 Å². The van der Waals surface area contributed by atoms with Gasteiger partial charge in [0.1, 0.15) is 6.54 Å². The number of aliphatic hydroxyl groups excluding tert-OH is 1. The molecule has 5 rings (SSSR count). The van der Waals surface area contributed by atoms with Crippen molar-refractivity contribution in [1.82, 2.24) is 15.0 Å². The first-order valence-electron chi connectivity index (χ1n) is 11.9. The van der Waals surface area contributed by atoms with E-state index in [-0.39, 0.29) is 17.4 Å². The molecule has 1 N–H and O–H groups in total. The SMILES string of the molecule is C[C@H]1C[C@@]2(C)[C@@H](CC[C@@H]3[C@@H]2CC[C@]2(C)[C@@H](C(=O)Cn4nccn4)CC[C@@H]32)C[C@@H]1O. The summed E-state index contributed by atoms with van der Waals surface area (Å²) in [5, 5.41) is 18.8. The first-order valence-corrected chi connectivity index (χ1v) is 11.9. The van der Waals surface area contributed by atoms with Crippen LogP contribution >= 0.6 is 0 Å². The minimum atomic E-state index is -0.108. The van der Waals surface area contributed by atoms with Crippen LogP contribution in [0, 0.1) is 46.3 Å². The molecule has 5 nitrogen and oxygen atoms in total. The Labute approximate surface area is 174 Å².